The van der Waals surface area contributed by atoms with E-state index in [0.29, 0.717) is 26.1 Å². The lowest BCUT2D eigenvalue weighted by Crippen LogP contribution is -2.57. The van der Waals surface area contributed by atoms with Gasteiger partial charge in [-0.25, -0.2) is 0 Å². The van der Waals surface area contributed by atoms with E-state index in [1.807, 2.05) is 38.2 Å². The highest BCUT2D eigenvalue weighted by molar-refractivity contribution is 5.76. The molecule has 1 amide bonds. The Labute approximate surface area is 148 Å². The van der Waals surface area contributed by atoms with Gasteiger partial charge < -0.3 is 14.7 Å². The number of carbonyl (C=O) groups excluding carboxylic acids is 1. The number of aliphatic hydroxyl groups is 1. The third-order valence-corrected chi connectivity index (χ3v) is 4.56. The zero-order chi connectivity index (χ0) is 17.9. The molecule has 0 bridgehead atoms. The van der Waals surface area contributed by atoms with Crippen molar-refractivity contribution in [3.8, 4) is 0 Å². The molecule has 25 heavy (non-hydrogen) atoms. The van der Waals surface area contributed by atoms with Crippen LogP contribution in [0.4, 0.5) is 0 Å². The monoisotopic (exact) mass is 343 g/mol. The van der Waals surface area contributed by atoms with E-state index in [0.717, 1.165) is 11.1 Å². The Morgan fingerprint density at radius 1 is 1.36 bits per heavy atom. The van der Waals surface area contributed by atoms with Crippen molar-refractivity contribution in [2.24, 2.45) is 0 Å². The summed E-state index contributed by atoms with van der Waals surface area (Å²) in [6, 6.07) is 8.16. The molecule has 1 unspecified atom stereocenters. The van der Waals surface area contributed by atoms with Gasteiger partial charge in [0.25, 0.3) is 0 Å². The van der Waals surface area contributed by atoms with Crippen molar-refractivity contribution in [3.63, 3.8) is 0 Å². The molecule has 6 nitrogen and oxygen atoms in total. The van der Waals surface area contributed by atoms with E-state index >= 15 is 0 Å². The van der Waals surface area contributed by atoms with Gasteiger partial charge in [-0.15, -0.1) is 0 Å². The van der Waals surface area contributed by atoms with Crippen LogP contribution < -0.4 is 0 Å². The summed E-state index contributed by atoms with van der Waals surface area (Å²) in [7, 11) is 0. The molecule has 1 atom stereocenters. The van der Waals surface area contributed by atoms with Crippen LogP contribution in [0.2, 0.25) is 0 Å². The number of aliphatic hydroxyl groups excluding tert-OH is 1. The van der Waals surface area contributed by atoms with Crippen LogP contribution in [0.15, 0.2) is 36.7 Å². The summed E-state index contributed by atoms with van der Waals surface area (Å²) in [5, 5.41) is 14.2. The first-order valence-corrected chi connectivity index (χ1v) is 8.57. The first-order chi connectivity index (χ1) is 12.0. The standard InChI is InChI=1S/C19H25N3O3/c1-15-4-3-5-17(8-15)9-19(14-23)13-21(6-7-25-19)18(24)12-22-11-16(2)10-20-22/h3-5,8,10-11,23H,6-7,9,12-14H2,1-2H3. The SMILES string of the molecule is Cc1cccc(CC2(CO)CN(C(=O)Cn3cc(C)cn3)CCO2)c1. The second-order valence-electron chi connectivity index (χ2n) is 6.89. The molecule has 1 saturated heterocycles. The third-order valence-electron chi connectivity index (χ3n) is 4.56. The topological polar surface area (TPSA) is 67.6 Å². The number of rotatable bonds is 5. The number of ether oxygens (including phenoxy) is 1. The zero-order valence-electron chi connectivity index (χ0n) is 14.8. The summed E-state index contributed by atoms with van der Waals surface area (Å²) in [4.78, 5) is 14.4. The second-order valence-corrected chi connectivity index (χ2v) is 6.89. The molecule has 3 rings (SSSR count). The molecular weight excluding hydrogens is 318 g/mol. The van der Waals surface area contributed by atoms with Crippen molar-refractivity contribution in [2.45, 2.75) is 32.4 Å². The Balaban J connectivity index is 1.70. The van der Waals surface area contributed by atoms with Crippen molar-refractivity contribution in [2.75, 3.05) is 26.3 Å². The molecule has 2 heterocycles. The summed E-state index contributed by atoms with van der Waals surface area (Å²) < 4.78 is 7.57. The maximum absolute atomic E-state index is 12.6. The van der Waals surface area contributed by atoms with E-state index < -0.39 is 5.60 Å². The Bertz CT molecular complexity index is 743. The Morgan fingerprint density at radius 3 is 2.88 bits per heavy atom. The van der Waals surface area contributed by atoms with Crippen molar-refractivity contribution in [1.29, 1.82) is 0 Å². The summed E-state index contributed by atoms with van der Waals surface area (Å²) in [6.07, 6.45) is 4.17. The Morgan fingerprint density at radius 2 is 2.20 bits per heavy atom. The number of morpholine rings is 1. The Hall–Kier alpha value is -2.18. The van der Waals surface area contributed by atoms with Crippen molar-refractivity contribution >= 4 is 5.91 Å². The Kier molecular flexibility index (Phi) is 5.20. The van der Waals surface area contributed by atoms with Gasteiger partial charge >= 0.3 is 0 Å². The van der Waals surface area contributed by atoms with Gasteiger partial charge in [0.1, 0.15) is 12.1 Å². The van der Waals surface area contributed by atoms with Crippen LogP contribution in [0, 0.1) is 13.8 Å². The fourth-order valence-electron chi connectivity index (χ4n) is 3.30. The van der Waals surface area contributed by atoms with Crippen LogP contribution in [0.25, 0.3) is 0 Å². The molecule has 0 radical (unpaired) electrons. The quantitative estimate of drug-likeness (QED) is 0.889. The fraction of sp³-hybridized carbons (Fsp3) is 0.474. The van der Waals surface area contributed by atoms with E-state index in [-0.39, 0.29) is 19.1 Å². The number of nitrogens with zero attached hydrogens (tertiary/aromatic N) is 3. The second kappa shape index (κ2) is 7.37. The van der Waals surface area contributed by atoms with Crippen LogP contribution in [-0.2, 0) is 22.5 Å². The number of aryl methyl sites for hydroxylation is 2. The lowest BCUT2D eigenvalue weighted by atomic mass is 9.92. The van der Waals surface area contributed by atoms with Gasteiger partial charge in [-0.2, -0.15) is 5.10 Å². The van der Waals surface area contributed by atoms with Gasteiger partial charge in [-0.1, -0.05) is 29.8 Å². The van der Waals surface area contributed by atoms with Gasteiger partial charge in [0.2, 0.25) is 5.91 Å². The van der Waals surface area contributed by atoms with Crippen LogP contribution in [0.5, 0.6) is 0 Å². The van der Waals surface area contributed by atoms with Gasteiger partial charge in [0.15, 0.2) is 0 Å². The molecule has 0 saturated carbocycles. The first kappa shape index (κ1) is 17.6. The van der Waals surface area contributed by atoms with Gasteiger partial charge in [0, 0.05) is 19.2 Å². The number of hydrogen-bond donors (Lipinski definition) is 1. The molecule has 1 aromatic carbocycles. The normalized spacial score (nSPS) is 20.7. The van der Waals surface area contributed by atoms with Crippen LogP contribution in [-0.4, -0.2) is 57.6 Å². The van der Waals surface area contributed by atoms with Gasteiger partial charge in [-0.05, 0) is 25.0 Å². The molecular formula is C19H25N3O3. The largest absolute Gasteiger partial charge is 0.393 e. The van der Waals surface area contributed by atoms with E-state index in [9.17, 15) is 9.90 Å². The molecule has 0 aliphatic carbocycles. The molecule has 2 aromatic rings. The highest BCUT2D eigenvalue weighted by atomic mass is 16.5. The van der Waals surface area contributed by atoms with Crippen molar-refractivity contribution in [1.82, 2.24) is 14.7 Å². The van der Waals surface area contributed by atoms with Crippen molar-refractivity contribution < 1.29 is 14.6 Å². The lowest BCUT2D eigenvalue weighted by molar-refractivity contribution is -0.158. The molecule has 6 heteroatoms. The molecule has 0 spiro atoms. The maximum atomic E-state index is 12.6. The third kappa shape index (κ3) is 4.27. The number of amides is 1. The summed E-state index contributed by atoms with van der Waals surface area (Å²) in [5.74, 6) is -0.00605. The minimum Gasteiger partial charge on any atom is -0.393 e. The number of aromatic nitrogens is 2. The first-order valence-electron chi connectivity index (χ1n) is 8.57. The fourth-order valence-corrected chi connectivity index (χ4v) is 3.30. The molecule has 134 valence electrons. The molecule has 1 aliphatic rings. The van der Waals surface area contributed by atoms with Gasteiger partial charge in [0.05, 0.1) is 26.0 Å². The van der Waals surface area contributed by atoms with E-state index in [1.54, 1.807) is 15.8 Å². The number of benzene rings is 1. The molecule has 1 fully saturated rings. The minimum atomic E-state index is -0.748. The zero-order valence-corrected chi connectivity index (χ0v) is 14.8. The average Bonchev–Trinajstić information content (AvgIpc) is 3.00. The summed E-state index contributed by atoms with van der Waals surface area (Å²) in [6.45, 7) is 5.42. The average molecular weight is 343 g/mol. The number of carbonyl (C=O) groups is 1. The molecule has 1 aromatic heterocycles. The maximum Gasteiger partial charge on any atom is 0.244 e. The van der Waals surface area contributed by atoms with E-state index in [2.05, 4.69) is 11.2 Å². The van der Waals surface area contributed by atoms with E-state index in [1.165, 1.54) is 5.56 Å². The molecule has 1 N–H and O–H groups in total. The lowest BCUT2D eigenvalue weighted by Gasteiger charge is -2.42. The van der Waals surface area contributed by atoms with Gasteiger partial charge in [-0.3, -0.25) is 9.48 Å². The van der Waals surface area contributed by atoms with Crippen LogP contribution in [0.3, 0.4) is 0 Å². The summed E-state index contributed by atoms with van der Waals surface area (Å²) in [5.41, 5.74) is 2.55. The minimum absolute atomic E-state index is 0.00605. The highest BCUT2D eigenvalue weighted by Gasteiger charge is 2.38. The van der Waals surface area contributed by atoms with E-state index in [4.69, 9.17) is 4.74 Å². The van der Waals surface area contributed by atoms with Crippen molar-refractivity contribution in [3.05, 3.63) is 53.3 Å². The predicted octanol–water partition coefficient (Wildman–Crippen LogP) is 1.33. The highest BCUT2D eigenvalue weighted by Crippen LogP contribution is 2.24. The van der Waals surface area contributed by atoms with Crippen LogP contribution in [0.1, 0.15) is 16.7 Å². The summed E-state index contributed by atoms with van der Waals surface area (Å²) >= 11 is 0. The predicted molar refractivity (Wildman–Crippen MR) is 94.2 cm³/mol. The molecule has 1 aliphatic heterocycles. The smallest absolute Gasteiger partial charge is 0.244 e. The van der Waals surface area contributed by atoms with Crippen LogP contribution >= 0.6 is 0 Å². The number of hydrogen-bond acceptors (Lipinski definition) is 4.